The number of benzene rings is 1. The second kappa shape index (κ2) is 5.46. The van der Waals surface area contributed by atoms with E-state index >= 15 is 0 Å². The molecule has 2 N–H and O–H groups in total. The SMILES string of the molecule is O=C(Cc1ccccc1)Nc1ccc(C(=O)O)s1. The summed E-state index contributed by atoms with van der Waals surface area (Å²) in [6, 6.07) is 12.4. The summed E-state index contributed by atoms with van der Waals surface area (Å²) in [5.74, 6) is -1.14. The van der Waals surface area contributed by atoms with Crippen LogP contribution in [-0.4, -0.2) is 17.0 Å². The molecule has 1 aromatic heterocycles. The Morgan fingerprint density at radius 3 is 2.44 bits per heavy atom. The fraction of sp³-hybridized carbons (Fsp3) is 0.0769. The molecule has 0 bridgehead atoms. The lowest BCUT2D eigenvalue weighted by molar-refractivity contribution is -0.115. The maximum atomic E-state index is 11.7. The third-order valence-corrected chi connectivity index (χ3v) is 3.28. The van der Waals surface area contributed by atoms with Crippen LogP contribution in [0.1, 0.15) is 15.2 Å². The number of amides is 1. The highest BCUT2D eigenvalue weighted by Gasteiger charge is 2.09. The minimum absolute atomic E-state index is 0.153. The van der Waals surface area contributed by atoms with E-state index in [9.17, 15) is 9.59 Å². The third-order valence-electron chi connectivity index (χ3n) is 2.29. The first-order chi connectivity index (χ1) is 8.65. The van der Waals surface area contributed by atoms with Crippen molar-refractivity contribution in [3.8, 4) is 0 Å². The molecule has 92 valence electrons. The van der Waals surface area contributed by atoms with Gasteiger partial charge in [0.05, 0.1) is 11.4 Å². The number of hydrogen-bond donors (Lipinski definition) is 2. The Labute approximate surface area is 108 Å². The van der Waals surface area contributed by atoms with Crippen molar-refractivity contribution in [2.75, 3.05) is 5.32 Å². The van der Waals surface area contributed by atoms with E-state index in [1.807, 2.05) is 30.3 Å². The summed E-state index contributed by atoms with van der Waals surface area (Å²) in [6.07, 6.45) is 0.279. The second-order valence-corrected chi connectivity index (χ2v) is 4.76. The van der Waals surface area contributed by atoms with Gasteiger partial charge in [-0.05, 0) is 17.7 Å². The van der Waals surface area contributed by atoms with Crippen LogP contribution in [0.15, 0.2) is 42.5 Å². The van der Waals surface area contributed by atoms with Gasteiger partial charge in [-0.3, -0.25) is 4.79 Å². The van der Waals surface area contributed by atoms with Crippen molar-refractivity contribution in [2.45, 2.75) is 6.42 Å². The minimum Gasteiger partial charge on any atom is -0.477 e. The van der Waals surface area contributed by atoms with Crippen LogP contribution >= 0.6 is 11.3 Å². The van der Waals surface area contributed by atoms with Gasteiger partial charge in [-0.25, -0.2) is 4.79 Å². The lowest BCUT2D eigenvalue weighted by atomic mass is 10.1. The van der Waals surface area contributed by atoms with Crippen molar-refractivity contribution in [1.82, 2.24) is 0 Å². The minimum atomic E-state index is -0.983. The molecule has 0 unspecified atom stereocenters. The Morgan fingerprint density at radius 2 is 1.83 bits per heavy atom. The van der Waals surface area contributed by atoms with Crippen molar-refractivity contribution in [2.24, 2.45) is 0 Å². The van der Waals surface area contributed by atoms with Gasteiger partial charge in [0, 0.05) is 0 Å². The van der Waals surface area contributed by atoms with Gasteiger partial charge < -0.3 is 10.4 Å². The molecular weight excluding hydrogens is 250 g/mol. The molecule has 0 aliphatic rings. The third kappa shape index (κ3) is 3.18. The van der Waals surface area contributed by atoms with Crippen molar-refractivity contribution < 1.29 is 14.7 Å². The standard InChI is InChI=1S/C13H11NO3S/c15-11(8-9-4-2-1-3-5-9)14-12-7-6-10(18-12)13(16)17/h1-7H,8H2,(H,14,15)(H,16,17). The highest BCUT2D eigenvalue weighted by molar-refractivity contribution is 7.18. The number of carboxylic acid groups (broad SMARTS) is 1. The van der Waals surface area contributed by atoms with Crippen LogP contribution < -0.4 is 5.32 Å². The summed E-state index contributed by atoms with van der Waals surface area (Å²) in [4.78, 5) is 22.6. The number of aromatic carboxylic acids is 1. The fourth-order valence-electron chi connectivity index (χ4n) is 1.48. The molecule has 0 fully saturated rings. The molecular formula is C13H11NO3S. The van der Waals surface area contributed by atoms with Gasteiger partial charge in [-0.15, -0.1) is 11.3 Å². The van der Waals surface area contributed by atoms with E-state index in [4.69, 9.17) is 5.11 Å². The summed E-state index contributed by atoms with van der Waals surface area (Å²) in [5, 5.41) is 12.0. The molecule has 0 aliphatic heterocycles. The largest absolute Gasteiger partial charge is 0.477 e. The fourth-order valence-corrected chi connectivity index (χ4v) is 2.24. The Kier molecular flexibility index (Phi) is 3.74. The number of carbonyl (C=O) groups excluding carboxylic acids is 1. The van der Waals surface area contributed by atoms with Gasteiger partial charge in [0.25, 0.3) is 0 Å². The predicted octanol–water partition coefficient (Wildman–Crippen LogP) is 2.63. The zero-order valence-corrected chi connectivity index (χ0v) is 10.2. The van der Waals surface area contributed by atoms with Gasteiger partial charge >= 0.3 is 5.97 Å². The van der Waals surface area contributed by atoms with E-state index in [2.05, 4.69) is 5.32 Å². The van der Waals surface area contributed by atoms with Crippen molar-refractivity contribution in [3.05, 3.63) is 52.9 Å². The Morgan fingerprint density at radius 1 is 1.11 bits per heavy atom. The molecule has 0 spiro atoms. The topological polar surface area (TPSA) is 66.4 Å². The first kappa shape index (κ1) is 12.3. The molecule has 1 heterocycles. The zero-order valence-electron chi connectivity index (χ0n) is 9.42. The van der Waals surface area contributed by atoms with Crippen LogP contribution in [0, 0.1) is 0 Å². The molecule has 0 saturated heterocycles. The van der Waals surface area contributed by atoms with Crippen molar-refractivity contribution in [1.29, 1.82) is 0 Å². The number of hydrogen-bond acceptors (Lipinski definition) is 3. The van der Waals surface area contributed by atoms with E-state index in [0.717, 1.165) is 16.9 Å². The summed E-state index contributed by atoms with van der Waals surface area (Å²) < 4.78 is 0. The van der Waals surface area contributed by atoms with E-state index in [1.54, 1.807) is 6.07 Å². The van der Waals surface area contributed by atoms with Crippen LogP contribution in [-0.2, 0) is 11.2 Å². The Balaban J connectivity index is 1.97. The maximum absolute atomic E-state index is 11.7. The normalized spacial score (nSPS) is 10.0. The van der Waals surface area contributed by atoms with Gasteiger partial charge in [0.15, 0.2) is 0 Å². The smallest absolute Gasteiger partial charge is 0.345 e. The maximum Gasteiger partial charge on any atom is 0.345 e. The lowest BCUT2D eigenvalue weighted by Crippen LogP contribution is -2.13. The van der Waals surface area contributed by atoms with Crippen molar-refractivity contribution >= 4 is 28.2 Å². The van der Waals surface area contributed by atoms with Crippen LogP contribution in [0.3, 0.4) is 0 Å². The van der Waals surface area contributed by atoms with E-state index in [-0.39, 0.29) is 17.2 Å². The summed E-state index contributed by atoms with van der Waals surface area (Å²) in [7, 11) is 0. The first-order valence-corrected chi connectivity index (χ1v) is 6.14. The van der Waals surface area contributed by atoms with E-state index in [0.29, 0.717) is 5.00 Å². The number of carboxylic acids is 1. The molecule has 0 atom stereocenters. The average molecular weight is 261 g/mol. The monoisotopic (exact) mass is 261 g/mol. The molecule has 18 heavy (non-hydrogen) atoms. The molecule has 1 amide bonds. The van der Waals surface area contributed by atoms with Crippen LogP contribution in [0.2, 0.25) is 0 Å². The predicted molar refractivity (Wildman–Crippen MR) is 70.1 cm³/mol. The number of anilines is 1. The summed E-state index contributed by atoms with van der Waals surface area (Å²) in [6.45, 7) is 0. The number of nitrogens with one attached hydrogen (secondary N) is 1. The molecule has 1 aromatic carbocycles. The summed E-state index contributed by atoms with van der Waals surface area (Å²) >= 11 is 1.05. The van der Waals surface area contributed by atoms with Gasteiger partial charge in [0.1, 0.15) is 4.88 Å². The van der Waals surface area contributed by atoms with Gasteiger partial charge in [-0.2, -0.15) is 0 Å². The van der Waals surface area contributed by atoms with Crippen molar-refractivity contribution in [3.63, 3.8) is 0 Å². The quantitative estimate of drug-likeness (QED) is 0.889. The van der Waals surface area contributed by atoms with Crippen LogP contribution in [0.25, 0.3) is 0 Å². The average Bonchev–Trinajstić information content (AvgIpc) is 2.78. The van der Waals surface area contributed by atoms with Gasteiger partial charge in [-0.1, -0.05) is 30.3 Å². The Hall–Kier alpha value is -2.14. The lowest BCUT2D eigenvalue weighted by Gasteiger charge is -2.02. The Bertz CT molecular complexity index is 563. The number of carbonyl (C=O) groups is 2. The van der Waals surface area contributed by atoms with Crippen LogP contribution in [0.5, 0.6) is 0 Å². The summed E-state index contributed by atoms with van der Waals surface area (Å²) in [5.41, 5.74) is 0.921. The highest BCUT2D eigenvalue weighted by Crippen LogP contribution is 2.21. The molecule has 2 rings (SSSR count). The number of rotatable bonds is 4. The van der Waals surface area contributed by atoms with Gasteiger partial charge in [0.2, 0.25) is 5.91 Å². The molecule has 0 aliphatic carbocycles. The molecule has 0 radical (unpaired) electrons. The van der Waals surface area contributed by atoms with E-state index < -0.39 is 5.97 Å². The van der Waals surface area contributed by atoms with E-state index in [1.165, 1.54) is 6.07 Å². The zero-order chi connectivity index (χ0) is 13.0. The molecule has 5 heteroatoms. The highest BCUT2D eigenvalue weighted by atomic mass is 32.1. The number of thiophene rings is 1. The molecule has 0 saturated carbocycles. The first-order valence-electron chi connectivity index (χ1n) is 5.32. The second-order valence-electron chi connectivity index (χ2n) is 3.68. The molecule has 2 aromatic rings. The van der Waals surface area contributed by atoms with Crippen LogP contribution in [0.4, 0.5) is 5.00 Å². The molecule has 4 nitrogen and oxygen atoms in total.